The monoisotopic (exact) mass is 386 g/mol. The van der Waals surface area contributed by atoms with E-state index < -0.39 is 5.60 Å². The zero-order valence-corrected chi connectivity index (χ0v) is 16.8. The number of amides is 1. The normalized spacial score (nSPS) is 15.7. The molecule has 1 saturated heterocycles. The van der Waals surface area contributed by atoms with E-state index in [-0.39, 0.29) is 6.09 Å². The quantitative estimate of drug-likeness (QED) is 0.643. The summed E-state index contributed by atoms with van der Waals surface area (Å²) in [5, 5.41) is 1.98. The number of anilines is 1. The molecule has 6 nitrogen and oxygen atoms in total. The van der Waals surface area contributed by atoms with Gasteiger partial charge < -0.3 is 20.3 Å². The van der Waals surface area contributed by atoms with E-state index >= 15 is 0 Å². The average Bonchev–Trinajstić information content (AvgIpc) is 3.16. The van der Waals surface area contributed by atoms with Crippen LogP contribution in [-0.2, 0) is 4.74 Å². The Bertz CT molecular complexity index is 786. The minimum atomic E-state index is -0.463. The summed E-state index contributed by atoms with van der Waals surface area (Å²) in [5.41, 5.74) is 7.53. The van der Waals surface area contributed by atoms with Gasteiger partial charge in [-0.1, -0.05) is 6.07 Å². The molecular weight excluding hydrogens is 360 g/mol. The van der Waals surface area contributed by atoms with Gasteiger partial charge in [0.25, 0.3) is 0 Å². The van der Waals surface area contributed by atoms with Crippen LogP contribution in [0.15, 0.2) is 46.8 Å². The zero-order chi connectivity index (χ0) is 19.4. The Balaban J connectivity index is 1.57. The number of hydrogen-bond acceptors (Lipinski definition) is 5. The van der Waals surface area contributed by atoms with Crippen molar-refractivity contribution in [1.82, 2.24) is 4.90 Å². The van der Waals surface area contributed by atoms with E-state index in [0.29, 0.717) is 18.9 Å². The Morgan fingerprint density at radius 1 is 1.11 bits per heavy atom. The highest BCUT2D eigenvalue weighted by molar-refractivity contribution is 7.12. The maximum Gasteiger partial charge on any atom is 0.410 e. The fourth-order valence-electron chi connectivity index (χ4n) is 2.83. The van der Waals surface area contributed by atoms with E-state index in [0.717, 1.165) is 29.3 Å². The van der Waals surface area contributed by atoms with Gasteiger partial charge in [-0.3, -0.25) is 0 Å². The van der Waals surface area contributed by atoms with Gasteiger partial charge >= 0.3 is 6.09 Å². The molecule has 0 radical (unpaired) electrons. The predicted molar refractivity (Wildman–Crippen MR) is 111 cm³/mol. The first kappa shape index (κ1) is 19.2. The second-order valence-electron chi connectivity index (χ2n) is 7.45. The van der Waals surface area contributed by atoms with Gasteiger partial charge in [0.2, 0.25) is 0 Å². The lowest BCUT2D eigenvalue weighted by atomic mass is 10.2. The average molecular weight is 387 g/mol. The van der Waals surface area contributed by atoms with E-state index in [9.17, 15) is 4.79 Å². The lowest BCUT2D eigenvalue weighted by Crippen LogP contribution is -2.50. The Kier molecular flexibility index (Phi) is 5.70. The number of carbonyl (C=O) groups is 1. The first-order valence-electron chi connectivity index (χ1n) is 9.03. The van der Waals surface area contributed by atoms with Crippen molar-refractivity contribution in [3.05, 3.63) is 46.7 Å². The lowest BCUT2D eigenvalue weighted by molar-refractivity contribution is 0.0240. The largest absolute Gasteiger partial charge is 0.444 e. The van der Waals surface area contributed by atoms with Crippen molar-refractivity contribution < 1.29 is 9.53 Å². The Morgan fingerprint density at radius 3 is 2.33 bits per heavy atom. The molecule has 27 heavy (non-hydrogen) atoms. The number of benzene rings is 1. The van der Waals surface area contributed by atoms with Crippen LogP contribution in [0.5, 0.6) is 0 Å². The van der Waals surface area contributed by atoms with E-state index in [4.69, 9.17) is 10.5 Å². The molecule has 1 aliphatic rings. The van der Waals surface area contributed by atoms with Crippen molar-refractivity contribution in [2.75, 3.05) is 31.1 Å². The second kappa shape index (κ2) is 8.00. The molecule has 2 heterocycles. The molecule has 0 saturated carbocycles. The standard InChI is InChI=1S/C20H26N4O2S/c1-20(2,3)26-19(25)24-12-10-23(11-13-24)16-8-6-15(7-9-16)22-18(21)17-5-4-14-27-17/h4-9,14H,10-13H2,1-3H3,(H2,21,22). The van der Waals surface area contributed by atoms with Crippen LogP contribution in [0.25, 0.3) is 0 Å². The summed E-state index contributed by atoms with van der Waals surface area (Å²) in [6.45, 7) is 8.52. The summed E-state index contributed by atoms with van der Waals surface area (Å²) < 4.78 is 5.44. The molecule has 3 rings (SSSR count). The van der Waals surface area contributed by atoms with Gasteiger partial charge in [0.05, 0.1) is 10.6 Å². The topological polar surface area (TPSA) is 71.2 Å². The van der Waals surface area contributed by atoms with Crippen LogP contribution < -0.4 is 10.6 Å². The Morgan fingerprint density at radius 2 is 1.78 bits per heavy atom. The van der Waals surface area contributed by atoms with Gasteiger partial charge in [-0.15, -0.1) is 11.3 Å². The molecule has 0 unspecified atom stereocenters. The van der Waals surface area contributed by atoms with Gasteiger partial charge in [-0.2, -0.15) is 0 Å². The molecule has 144 valence electrons. The molecule has 0 atom stereocenters. The molecule has 7 heteroatoms. The maximum absolute atomic E-state index is 12.2. The van der Waals surface area contributed by atoms with Gasteiger partial charge in [-0.05, 0) is 56.5 Å². The van der Waals surface area contributed by atoms with Crippen LogP contribution in [-0.4, -0.2) is 48.6 Å². The van der Waals surface area contributed by atoms with Gasteiger partial charge in [0.15, 0.2) is 0 Å². The molecule has 1 aliphatic heterocycles. The molecule has 0 bridgehead atoms. The molecule has 1 aromatic carbocycles. The minimum absolute atomic E-state index is 0.240. The number of nitrogens with zero attached hydrogens (tertiary/aromatic N) is 3. The number of amidine groups is 1. The van der Waals surface area contributed by atoms with E-state index in [2.05, 4.69) is 9.89 Å². The first-order chi connectivity index (χ1) is 12.8. The van der Waals surface area contributed by atoms with Gasteiger partial charge in [0, 0.05) is 31.9 Å². The van der Waals surface area contributed by atoms with Crippen LogP contribution in [0.1, 0.15) is 25.6 Å². The van der Waals surface area contributed by atoms with Crippen LogP contribution >= 0.6 is 11.3 Å². The third kappa shape index (κ3) is 5.23. The highest BCUT2D eigenvalue weighted by atomic mass is 32.1. The number of nitrogens with two attached hydrogens (primary N) is 1. The fourth-order valence-corrected chi connectivity index (χ4v) is 3.46. The Hall–Kier alpha value is -2.54. The van der Waals surface area contributed by atoms with E-state index in [1.165, 1.54) is 0 Å². The summed E-state index contributed by atoms with van der Waals surface area (Å²) in [7, 11) is 0. The SMILES string of the molecule is CC(C)(C)OC(=O)N1CCN(c2ccc(/N=C(\N)c3cccs3)cc2)CC1. The Labute approximate surface area is 164 Å². The maximum atomic E-state index is 12.2. The zero-order valence-electron chi connectivity index (χ0n) is 16.0. The number of aliphatic imine (C=N–C) groups is 1. The van der Waals surface area contributed by atoms with Crippen LogP contribution in [0, 0.1) is 0 Å². The minimum Gasteiger partial charge on any atom is -0.444 e. The van der Waals surface area contributed by atoms with Crippen LogP contribution in [0.2, 0.25) is 0 Å². The van der Waals surface area contributed by atoms with Crippen molar-refractivity contribution in [3.63, 3.8) is 0 Å². The summed E-state index contributed by atoms with van der Waals surface area (Å²) in [6, 6.07) is 11.9. The number of piperazine rings is 1. The van der Waals surface area contributed by atoms with Crippen molar-refractivity contribution in [3.8, 4) is 0 Å². The molecular formula is C20H26N4O2S. The van der Waals surface area contributed by atoms with Crippen molar-refractivity contribution in [2.45, 2.75) is 26.4 Å². The van der Waals surface area contributed by atoms with Crippen molar-refractivity contribution >= 4 is 34.6 Å². The molecule has 1 aromatic heterocycles. The lowest BCUT2D eigenvalue weighted by Gasteiger charge is -2.36. The number of thiophene rings is 1. The third-order valence-corrected chi connectivity index (χ3v) is 5.06. The summed E-state index contributed by atoms with van der Waals surface area (Å²) in [4.78, 5) is 21.6. The number of rotatable bonds is 3. The van der Waals surface area contributed by atoms with Crippen molar-refractivity contribution in [2.24, 2.45) is 10.7 Å². The van der Waals surface area contributed by atoms with Crippen LogP contribution in [0.4, 0.5) is 16.2 Å². The van der Waals surface area contributed by atoms with Gasteiger partial charge in [-0.25, -0.2) is 9.79 Å². The third-order valence-electron chi connectivity index (χ3n) is 4.17. The number of ether oxygens (including phenoxy) is 1. The highest BCUT2D eigenvalue weighted by Gasteiger charge is 2.25. The fraction of sp³-hybridized carbons (Fsp3) is 0.400. The number of carbonyl (C=O) groups excluding carboxylic acids is 1. The summed E-state index contributed by atoms with van der Waals surface area (Å²) in [5.74, 6) is 0.531. The van der Waals surface area contributed by atoms with Crippen LogP contribution in [0.3, 0.4) is 0 Å². The molecule has 0 aliphatic carbocycles. The first-order valence-corrected chi connectivity index (χ1v) is 9.91. The van der Waals surface area contributed by atoms with E-state index in [1.807, 2.05) is 62.5 Å². The van der Waals surface area contributed by atoms with E-state index in [1.54, 1.807) is 16.2 Å². The summed E-state index contributed by atoms with van der Waals surface area (Å²) in [6.07, 6.45) is -0.240. The molecule has 2 N–H and O–H groups in total. The van der Waals surface area contributed by atoms with Gasteiger partial charge in [0.1, 0.15) is 11.4 Å². The molecule has 1 amide bonds. The predicted octanol–water partition coefficient (Wildman–Crippen LogP) is 3.84. The molecule has 1 fully saturated rings. The molecule has 2 aromatic rings. The molecule has 0 spiro atoms. The summed E-state index contributed by atoms with van der Waals surface area (Å²) >= 11 is 1.58. The second-order valence-corrected chi connectivity index (χ2v) is 8.39. The number of hydrogen-bond donors (Lipinski definition) is 1. The van der Waals surface area contributed by atoms with Crippen molar-refractivity contribution in [1.29, 1.82) is 0 Å². The smallest absolute Gasteiger partial charge is 0.410 e. The highest BCUT2D eigenvalue weighted by Crippen LogP contribution is 2.22.